The molecule has 8 heteroatoms. The summed E-state index contributed by atoms with van der Waals surface area (Å²) in [5.41, 5.74) is 1.85. The SMILES string of the molecule is N#C/C(=C\c1ccc(-c2cc(Cl)cc(Cl)c2)o1)c1nc(-c2cc3ccccc3oc2=O)cs1. The van der Waals surface area contributed by atoms with Crippen LogP contribution >= 0.6 is 34.5 Å². The second-order valence-electron chi connectivity index (χ2n) is 7.05. The van der Waals surface area contributed by atoms with Gasteiger partial charge in [-0.3, -0.25) is 0 Å². The van der Waals surface area contributed by atoms with Gasteiger partial charge < -0.3 is 8.83 Å². The number of thiazole rings is 1. The van der Waals surface area contributed by atoms with Crippen LogP contribution in [0.15, 0.2) is 79.7 Å². The minimum atomic E-state index is -0.483. The van der Waals surface area contributed by atoms with Crippen LogP contribution in [0.2, 0.25) is 10.0 Å². The maximum absolute atomic E-state index is 12.4. The van der Waals surface area contributed by atoms with Crippen LogP contribution < -0.4 is 5.63 Å². The van der Waals surface area contributed by atoms with E-state index < -0.39 is 5.63 Å². The Morgan fingerprint density at radius 2 is 1.82 bits per heavy atom. The number of para-hydroxylation sites is 1. The molecule has 5 nitrogen and oxygen atoms in total. The summed E-state index contributed by atoms with van der Waals surface area (Å²) in [5.74, 6) is 1.04. The summed E-state index contributed by atoms with van der Waals surface area (Å²) < 4.78 is 11.3. The summed E-state index contributed by atoms with van der Waals surface area (Å²) in [5, 5.41) is 13.7. The molecule has 5 aromatic rings. The molecule has 0 radical (unpaired) electrons. The minimum Gasteiger partial charge on any atom is -0.457 e. The molecule has 0 bridgehead atoms. The molecule has 0 aliphatic rings. The van der Waals surface area contributed by atoms with Crippen LogP contribution in [0.5, 0.6) is 0 Å². The molecule has 0 atom stereocenters. The van der Waals surface area contributed by atoms with Gasteiger partial charge in [-0.2, -0.15) is 5.26 Å². The summed E-state index contributed by atoms with van der Waals surface area (Å²) in [6, 6.07) is 19.8. The summed E-state index contributed by atoms with van der Waals surface area (Å²) >= 11 is 13.4. The van der Waals surface area contributed by atoms with E-state index in [0.717, 1.165) is 10.9 Å². The average molecular weight is 491 g/mol. The van der Waals surface area contributed by atoms with E-state index in [-0.39, 0.29) is 0 Å². The number of hydrogen-bond acceptors (Lipinski definition) is 6. The van der Waals surface area contributed by atoms with Crippen molar-refractivity contribution in [3.63, 3.8) is 0 Å². The number of benzene rings is 2. The quantitative estimate of drug-likeness (QED) is 0.192. The second kappa shape index (κ2) is 8.72. The maximum Gasteiger partial charge on any atom is 0.345 e. The van der Waals surface area contributed by atoms with Crippen LogP contribution in [-0.4, -0.2) is 4.98 Å². The fourth-order valence-corrected chi connectivity index (χ4v) is 4.64. The third kappa shape index (κ3) is 4.35. The number of fused-ring (bicyclic) bond motifs is 1. The molecule has 0 fully saturated rings. The highest BCUT2D eigenvalue weighted by atomic mass is 35.5. The molecule has 3 heterocycles. The van der Waals surface area contributed by atoms with Crippen LogP contribution in [0.4, 0.5) is 0 Å². The van der Waals surface area contributed by atoms with E-state index in [0.29, 0.717) is 49.0 Å². The Labute approximate surface area is 201 Å². The summed E-state index contributed by atoms with van der Waals surface area (Å²) in [6.07, 6.45) is 1.60. The number of hydrogen-bond donors (Lipinski definition) is 0. The van der Waals surface area contributed by atoms with Crippen molar-refractivity contribution in [1.29, 1.82) is 5.26 Å². The first-order valence-corrected chi connectivity index (χ1v) is 11.3. The highest BCUT2D eigenvalue weighted by Crippen LogP contribution is 2.31. The smallest absolute Gasteiger partial charge is 0.345 e. The molecule has 2 aromatic carbocycles. The Kier molecular flexibility index (Phi) is 5.61. The Bertz CT molecular complexity index is 1620. The zero-order valence-electron chi connectivity index (χ0n) is 16.7. The molecule has 0 spiro atoms. The molecule has 0 saturated heterocycles. The van der Waals surface area contributed by atoms with Gasteiger partial charge in [0.15, 0.2) is 0 Å². The van der Waals surface area contributed by atoms with Crippen molar-refractivity contribution in [3.8, 4) is 28.7 Å². The monoisotopic (exact) mass is 490 g/mol. The average Bonchev–Trinajstić information content (AvgIpc) is 3.46. The molecule has 0 aliphatic heterocycles. The normalized spacial score (nSPS) is 11.6. The van der Waals surface area contributed by atoms with Crippen LogP contribution in [0, 0.1) is 11.3 Å². The van der Waals surface area contributed by atoms with Crippen molar-refractivity contribution in [2.24, 2.45) is 0 Å². The number of aromatic nitrogens is 1. The van der Waals surface area contributed by atoms with Gasteiger partial charge in [0.05, 0.1) is 16.8 Å². The van der Waals surface area contributed by atoms with E-state index in [2.05, 4.69) is 11.1 Å². The molecule has 3 aromatic heterocycles. The van der Waals surface area contributed by atoms with Gasteiger partial charge in [-0.25, -0.2) is 9.78 Å². The summed E-state index contributed by atoms with van der Waals surface area (Å²) in [6.45, 7) is 0. The lowest BCUT2D eigenvalue weighted by atomic mass is 10.1. The molecule has 5 rings (SSSR count). The Morgan fingerprint density at radius 3 is 2.61 bits per heavy atom. The number of rotatable bonds is 4. The first-order chi connectivity index (χ1) is 16.0. The van der Waals surface area contributed by atoms with Crippen LogP contribution in [0.1, 0.15) is 10.8 Å². The van der Waals surface area contributed by atoms with Crippen molar-refractivity contribution in [3.05, 3.63) is 97.3 Å². The maximum atomic E-state index is 12.4. The lowest BCUT2D eigenvalue weighted by Crippen LogP contribution is -2.02. The van der Waals surface area contributed by atoms with E-state index in [1.165, 1.54) is 11.3 Å². The van der Waals surface area contributed by atoms with Gasteiger partial charge in [0.2, 0.25) is 0 Å². The zero-order chi connectivity index (χ0) is 22.9. The van der Waals surface area contributed by atoms with E-state index in [9.17, 15) is 10.1 Å². The summed E-state index contributed by atoms with van der Waals surface area (Å²) in [7, 11) is 0. The molecule has 33 heavy (non-hydrogen) atoms. The van der Waals surface area contributed by atoms with E-state index in [1.807, 2.05) is 12.1 Å². The van der Waals surface area contributed by atoms with Gasteiger partial charge in [0.25, 0.3) is 0 Å². The molecule has 0 N–H and O–H groups in total. The molecule has 160 valence electrons. The fourth-order valence-electron chi connectivity index (χ4n) is 3.33. The first-order valence-electron chi connectivity index (χ1n) is 9.67. The van der Waals surface area contributed by atoms with E-state index >= 15 is 0 Å². The van der Waals surface area contributed by atoms with E-state index in [4.69, 9.17) is 32.0 Å². The van der Waals surface area contributed by atoms with Crippen molar-refractivity contribution in [2.75, 3.05) is 0 Å². The highest BCUT2D eigenvalue weighted by molar-refractivity contribution is 7.11. The van der Waals surface area contributed by atoms with Gasteiger partial charge in [0, 0.05) is 32.5 Å². The number of nitrogens with zero attached hydrogens (tertiary/aromatic N) is 2. The van der Waals surface area contributed by atoms with Crippen molar-refractivity contribution in [2.45, 2.75) is 0 Å². The topological polar surface area (TPSA) is 80.0 Å². The highest BCUT2D eigenvalue weighted by Gasteiger charge is 2.15. The number of furan rings is 1. The fraction of sp³-hybridized carbons (Fsp3) is 0. The largest absolute Gasteiger partial charge is 0.457 e. The van der Waals surface area contributed by atoms with Gasteiger partial charge in [-0.05, 0) is 42.5 Å². The van der Waals surface area contributed by atoms with E-state index in [1.54, 1.807) is 60.0 Å². The molecular formula is C25H12Cl2N2O3S. The molecule has 0 saturated carbocycles. The lowest BCUT2D eigenvalue weighted by molar-refractivity contribution is 0.563. The van der Waals surface area contributed by atoms with Crippen LogP contribution in [0.3, 0.4) is 0 Å². The standard InChI is InChI=1S/C25H12Cl2N2O3S/c26-17-7-15(8-18(27)11-17)23-6-5-19(31-23)9-16(12-28)24-29-21(13-33-24)20-10-14-3-1-2-4-22(14)32-25(20)30/h1-11,13H/b16-9+. The van der Waals surface area contributed by atoms with Crippen molar-refractivity contribution < 1.29 is 8.83 Å². The second-order valence-corrected chi connectivity index (χ2v) is 8.78. The lowest BCUT2D eigenvalue weighted by Gasteiger charge is -2.00. The number of halogens is 2. The van der Waals surface area contributed by atoms with Crippen molar-refractivity contribution in [1.82, 2.24) is 4.98 Å². The predicted molar refractivity (Wildman–Crippen MR) is 131 cm³/mol. The van der Waals surface area contributed by atoms with Crippen LogP contribution in [0.25, 0.3) is 45.2 Å². The predicted octanol–water partition coefficient (Wildman–Crippen LogP) is 7.55. The van der Waals surface area contributed by atoms with Crippen LogP contribution in [-0.2, 0) is 0 Å². The Morgan fingerprint density at radius 1 is 1.03 bits per heavy atom. The molecule has 0 unspecified atom stereocenters. The van der Waals surface area contributed by atoms with Gasteiger partial charge >= 0.3 is 5.63 Å². The Balaban J connectivity index is 1.48. The number of nitriles is 1. The Hall–Kier alpha value is -3.63. The molecule has 0 amide bonds. The number of allylic oxidation sites excluding steroid dienone is 1. The van der Waals surface area contributed by atoms with Crippen molar-refractivity contribution >= 4 is 57.2 Å². The van der Waals surface area contributed by atoms with Gasteiger partial charge in [-0.1, -0.05) is 41.4 Å². The minimum absolute atomic E-state index is 0.307. The van der Waals surface area contributed by atoms with Gasteiger partial charge in [0.1, 0.15) is 28.2 Å². The zero-order valence-corrected chi connectivity index (χ0v) is 19.0. The summed E-state index contributed by atoms with van der Waals surface area (Å²) in [4.78, 5) is 16.9. The first kappa shape index (κ1) is 21.2. The molecular weight excluding hydrogens is 479 g/mol. The van der Waals surface area contributed by atoms with Gasteiger partial charge in [-0.15, -0.1) is 11.3 Å². The molecule has 0 aliphatic carbocycles. The third-order valence-electron chi connectivity index (χ3n) is 4.83. The third-order valence-corrected chi connectivity index (χ3v) is 6.14.